The number of hydrogen-bond donors (Lipinski definition) is 2. The van der Waals surface area contributed by atoms with Gasteiger partial charge < -0.3 is 10.6 Å². The van der Waals surface area contributed by atoms with Crippen LogP contribution in [-0.4, -0.2) is 43.2 Å². The van der Waals surface area contributed by atoms with Crippen molar-refractivity contribution in [2.75, 3.05) is 19.3 Å². The molecule has 176 valence electrons. The molecule has 0 aliphatic carbocycles. The summed E-state index contributed by atoms with van der Waals surface area (Å²) in [6.45, 7) is 1.67. The predicted molar refractivity (Wildman–Crippen MR) is 125 cm³/mol. The molecule has 2 aromatic rings. The number of nitrogens with one attached hydrogen (secondary N) is 2. The smallest absolute Gasteiger partial charge is 0.315 e. The molecule has 0 bridgehead atoms. The summed E-state index contributed by atoms with van der Waals surface area (Å²) >= 11 is 0. The Bertz CT molecular complexity index is 879. The molecular formula is C23H34N4O4S. The number of unbranched alkanes of at least 4 members (excludes halogenated alkanes) is 5. The first kappa shape index (κ1) is 25.8. The molecule has 8 nitrogen and oxygen atoms in total. The number of nitrogens with zero attached hydrogens (tertiary/aromatic N) is 2. The number of hydrogen-bond acceptors (Lipinski definition) is 5. The zero-order valence-corrected chi connectivity index (χ0v) is 19.5. The molecule has 0 spiro atoms. The van der Waals surface area contributed by atoms with Crippen LogP contribution in [0.3, 0.4) is 0 Å². The van der Waals surface area contributed by atoms with Crippen LogP contribution in [0, 0.1) is 0 Å². The van der Waals surface area contributed by atoms with Gasteiger partial charge >= 0.3 is 6.03 Å². The van der Waals surface area contributed by atoms with Crippen molar-refractivity contribution in [1.29, 1.82) is 0 Å². The second kappa shape index (κ2) is 14.5. The van der Waals surface area contributed by atoms with Crippen LogP contribution in [0.5, 0.6) is 0 Å². The third kappa shape index (κ3) is 11.2. The Kier molecular flexibility index (Phi) is 11.7. The van der Waals surface area contributed by atoms with E-state index in [0.717, 1.165) is 60.4 Å². The van der Waals surface area contributed by atoms with Gasteiger partial charge in [0.15, 0.2) is 0 Å². The second-order valence-electron chi connectivity index (χ2n) is 7.64. The SMILES string of the molecule is CS(=O)(=O)N(CCCCCCCCNC(=O)NCc1cccnc1)OCc1ccccc1. The molecular weight excluding hydrogens is 428 g/mol. The maximum atomic E-state index is 11.9. The van der Waals surface area contributed by atoms with E-state index in [9.17, 15) is 13.2 Å². The molecule has 9 heteroatoms. The Morgan fingerprint density at radius 1 is 0.938 bits per heavy atom. The van der Waals surface area contributed by atoms with Crippen molar-refractivity contribution in [2.24, 2.45) is 0 Å². The summed E-state index contributed by atoms with van der Waals surface area (Å²) in [5.74, 6) is 0. The first-order chi connectivity index (χ1) is 15.4. The minimum atomic E-state index is -3.41. The van der Waals surface area contributed by atoms with Crippen molar-refractivity contribution in [2.45, 2.75) is 51.7 Å². The van der Waals surface area contributed by atoms with Crippen LogP contribution in [0.4, 0.5) is 4.79 Å². The number of carbonyl (C=O) groups is 1. The normalized spacial score (nSPS) is 11.4. The highest BCUT2D eigenvalue weighted by molar-refractivity contribution is 7.88. The van der Waals surface area contributed by atoms with E-state index in [1.54, 1.807) is 12.4 Å². The van der Waals surface area contributed by atoms with Crippen LogP contribution in [-0.2, 0) is 28.0 Å². The molecule has 0 saturated heterocycles. The Morgan fingerprint density at radius 2 is 1.62 bits per heavy atom. The zero-order chi connectivity index (χ0) is 23.1. The molecule has 1 heterocycles. The van der Waals surface area contributed by atoms with Gasteiger partial charge in [0.05, 0.1) is 12.9 Å². The van der Waals surface area contributed by atoms with Gasteiger partial charge in [-0.3, -0.25) is 9.82 Å². The molecule has 0 aliphatic rings. The lowest BCUT2D eigenvalue weighted by molar-refractivity contribution is -0.0962. The molecule has 0 unspecified atom stereocenters. The monoisotopic (exact) mass is 462 g/mol. The van der Waals surface area contributed by atoms with Crippen LogP contribution >= 0.6 is 0 Å². The van der Waals surface area contributed by atoms with Gasteiger partial charge in [-0.05, 0) is 30.0 Å². The summed E-state index contributed by atoms with van der Waals surface area (Å²) < 4.78 is 25.0. The fourth-order valence-corrected chi connectivity index (χ4v) is 3.77. The first-order valence-electron chi connectivity index (χ1n) is 11.0. The summed E-state index contributed by atoms with van der Waals surface area (Å²) in [5, 5.41) is 5.66. The number of pyridine rings is 1. The number of carbonyl (C=O) groups excluding carboxylic acids is 1. The highest BCUT2D eigenvalue weighted by Gasteiger charge is 2.17. The predicted octanol–water partition coefficient (Wildman–Crippen LogP) is 3.61. The Balaban J connectivity index is 1.49. The van der Waals surface area contributed by atoms with E-state index in [1.165, 1.54) is 0 Å². The summed E-state index contributed by atoms with van der Waals surface area (Å²) in [4.78, 5) is 21.3. The molecule has 1 aromatic heterocycles. The fourth-order valence-electron chi connectivity index (χ4n) is 3.07. The standard InChI is InChI=1S/C23H34N4O4S/c1-32(29,30)27(31-20-21-12-7-6-8-13-21)17-10-5-3-2-4-9-16-25-23(28)26-19-22-14-11-15-24-18-22/h6-8,11-15,18H,2-5,9-10,16-17,19-20H2,1H3,(H2,25,26,28). The van der Waals surface area contributed by atoms with Crippen molar-refractivity contribution in [1.82, 2.24) is 20.1 Å². The minimum Gasteiger partial charge on any atom is -0.338 e. The summed E-state index contributed by atoms with van der Waals surface area (Å²) in [7, 11) is -3.41. The molecule has 0 aliphatic heterocycles. The van der Waals surface area contributed by atoms with Gasteiger partial charge in [0, 0.05) is 32.0 Å². The maximum Gasteiger partial charge on any atom is 0.315 e. The number of urea groups is 1. The van der Waals surface area contributed by atoms with Crippen molar-refractivity contribution < 1.29 is 18.0 Å². The Hall–Kier alpha value is -2.49. The lowest BCUT2D eigenvalue weighted by Gasteiger charge is -2.19. The summed E-state index contributed by atoms with van der Waals surface area (Å²) in [6, 6.07) is 13.1. The van der Waals surface area contributed by atoms with Gasteiger partial charge in [0.25, 0.3) is 0 Å². The molecule has 32 heavy (non-hydrogen) atoms. The second-order valence-corrected chi connectivity index (χ2v) is 9.51. The van der Waals surface area contributed by atoms with Crippen molar-refractivity contribution in [3.05, 3.63) is 66.0 Å². The lowest BCUT2D eigenvalue weighted by atomic mass is 10.1. The fraction of sp³-hybridized carbons (Fsp3) is 0.478. The Labute approximate surface area is 191 Å². The number of hydroxylamine groups is 1. The molecule has 2 amide bonds. The molecule has 2 rings (SSSR count). The van der Waals surface area contributed by atoms with Crippen molar-refractivity contribution in [3.8, 4) is 0 Å². The molecule has 0 radical (unpaired) electrons. The number of amides is 2. The van der Waals surface area contributed by atoms with Gasteiger partial charge in [-0.2, -0.15) is 0 Å². The largest absolute Gasteiger partial charge is 0.338 e. The Morgan fingerprint density at radius 3 is 2.31 bits per heavy atom. The topological polar surface area (TPSA) is 101 Å². The highest BCUT2D eigenvalue weighted by Crippen LogP contribution is 2.10. The summed E-state index contributed by atoms with van der Waals surface area (Å²) in [5.41, 5.74) is 1.89. The van der Waals surface area contributed by atoms with Gasteiger partial charge in [0.2, 0.25) is 10.0 Å². The van der Waals surface area contributed by atoms with Gasteiger partial charge in [-0.1, -0.05) is 66.6 Å². The molecule has 2 N–H and O–H groups in total. The molecule has 0 fully saturated rings. The third-order valence-electron chi connectivity index (χ3n) is 4.82. The molecule has 1 aromatic carbocycles. The third-order valence-corrected chi connectivity index (χ3v) is 5.84. The van der Waals surface area contributed by atoms with E-state index < -0.39 is 10.0 Å². The zero-order valence-electron chi connectivity index (χ0n) is 18.7. The van der Waals surface area contributed by atoms with E-state index in [-0.39, 0.29) is 12.6 Å². The van der Waals surface area contributed by atoms with Crippen LogP contribution in [0.25, 0.3) is 0 Å². The van der Waals surface area contributed by atoms with Crippen LogP contribution in [0.2, 0.25) is 0 Å². The van der Waals surface area contributed by atoms with E-state index in [0.29, 0.717) is 19.6 Å². The minimum absolute atomic E-state index is 0.176. The van der Waals surface area contributed by atoms with Crippen molar-refractivity contribution in [3.63, 3.8) is 0 Å². The molecule has 0 saturated carbocycles. The highest BCUT2D eigenvalue weighted by atomic mass is 32.2. The van der Waals surface area contributed by atoms with Crippen LogP contribution in [0.15, 0.2) is 54.9 Å². The van der Waals surface area contributed by atoms with Crippen LogP contribution < -0.4 is 10.6 Å². The van der Waals surface area contributed by atoms with E-state index >= 15 is 0 Å². The van der Waals surface area contributed by atoms with E-state index in [1.807, 2.05) is 42.5 Å². The van der Waals surface area contributed by atoms with E-state index in [2.05, 4.69) is 15.6 Å². The quantitative estimate of drug-likeness (QED) is 0.311. The number of benzene rings is 1. The number of aromatic nitrogens is 1. The van der Waals surface area contributed by atoms with Gasteiger partial charge in [0.1, 0.15) is 0 Å². The lowest BCUT2D eigenvalue weighted by Crippen LogP contribution is -2.35. The number of sulfonamides is 1. The molecule has 0 atom stereocenters. The average molecular weight is 463 g/mol. The van der Waals surface area contributed by atoms with E-state index in [4.69, 9.17) is 4.84 Å². The van der Waals surface area contributed by atoms with Crippen LogP contribution in [0.1, 0.15) is 49.7 Å². The maximum absolute atomic E-state index is 11.9. The summed E-state index contributed by atoms with van der Waals surface area (Å²) in [6.07, 6.45) is 10.3. The first-order valence-corrected chi connectivity index (χ1v) is 12.8. The van der Waals surface area contributed by atoms with Crippen molar-refractivity contribution >= 4 is 16.1 Å². The average Bonchev–Trinajstić information content (AvgIpc) is 2.79. The van der Waals surface area contributed by atoms with Gasteiger partial charge in [-0.15, -0.1) is 0 Å². The van der Waals surface area contributed by atoms with Gasteiger partial charge in [-0.25, -0.2) is 13.2 Å². The number of rotatable bonds is 15.